The molecule has 0 aromatic heterocycles. The molecule has 0 spiro atoms. The minimum Gasteiger partial charge on any atom is -0.354 e. The molecule has 0 aliphatic heterocycles. The highest BCUT2D eigenvalue weighted by atomic mass is 31.2. The van der Waals surface area contributed by atoms with Crippen LogP contribution in [0.3, 0.4) is 0 Å². The zero-order chi connectivity index (χ0) is 14.6. The van der Waals surface area contributed by atoms with Crippen molar-refractivity contribution in [1.29, 1.82) is 0 Å². The summed E-state index contributed by atoms with van der Waals surface area (Å²) in [5, 5.41) is 2.56. The van der Waals surface area contributed by atoms with E-state index in [1.807, 2.05) is 0 Å². The van der Waals surface area contributed by atoms with Crippen LogP contribution < -0.4 is 5.32 Å². The molecule has 0 fully saturated rings. The van der Waals surface area contributed by atoms with Gasteiger partial charge in [0.2, 0.25) is 5.91 Å². The lowest BCUT2D eigenvalue weighted by Crippen LogP contribution is -2.26. The van der Waals surface area contributed by atoms with Crippen LogP contribution in [0.4, 0.5) is 0 Å². The summed E-state index contributed by atoms with van der Waals surface area (Å²) in [6.07, 6.45) is 8.54. The highest BCUT2D eigenvalue weighted by molar-refractivity contribution is 7.46. The summed E-state index contributed by atoms with van der Waals surface area (Å²) in [4.78, 5) is 28.2. The van der Waals surface area contributed by atoms with Gasteiger partial charge in [0.15, 0.2) is 0 Å². The van der Waals surface area contributed by atoms with Gasteiger partial charge in [0.1, 0.15) is 0 Å². The quantitative estimate of drug-likeness (QED) is 0.379. The number of phosphoric acid groups is 1. The van der Waals surface area contributed by atoms with Gasteiger partial charge in [0.05, 0.1) is 6.61 Å². The summed E-state index contributed by atoms with van der Waals surface area (Å²) in [5.74, 6) is -0.0946. The summed E-state index contributed by atoms with van der Waals surface area (Å²) >= 11 is 0. The van der Waals surface area contributed by atoms with E-state index in [-0.39, 0.29) is 19.1 Å². The molecule has 0 heterocycles. The average molecular weight is 295 g/mol. The minimum absolute atomic E-state index is 0.0946. The van der Waals surface area contributed by atoms with Crippen LogP contribution in [-0.4, -0.2) is 28.8 Å². The first-order valence-electron chi connectivity index (χ1n) is 6.92. The minimum atomic E-state index is -4.42. The number of carbonyl (C=O) groups is 1. The van der Waals surface area contributed by atoms with Crippen molar-refractivity contribution in [3.63, 3.8) is 0 Å². The highest BCUT2D eigenvalue weighted by Crippen LogP contribution is 2.35. The van der Waals surface area contributed by atoms with Gasteiger partial charge in [0.25, 0.3) is 0 Å². The number of unbranched alkanes of at least 4 members (excludes halogenated alkanes) is 6. The first-order chi connectivity index (χ1) is 8.95. The van der Waals surface area contributed by atoms with E-state index in [1.54, 1.807) is 0 Å². The van der Waals surface area contributed by atoms with Crippen LogP contribution >= 0.6 is 7.82 Å². The van der Waals surface area contributed by atoms with Crippen molar-refractivity contribution in [2.45, 2.75) is 58.3 Å². The molecule has 0 unspecified atom stereocenters. The van der Waals surface area contributed by atoms with Crippen LogP contribution in [-0.2, 0) is 13.9 Å². The van der Waals surface area contributed by atoms with Crippen molar-refractivity contribution in [1.82, 2.24) is 5.32 Å². The molecular weight excluding hydrogens is 269 g/mol. The molecule has 0 bridgehead atoms. The van der Waals surface area contributed by atoms with Crippen LogP contribution in [0.5, 0.6) is 0 Å². The summed E-state index contributed by atoms with van der Waals surface area (Å²) in [6, 6.07) is 0. The molecule has 0 aromatic carbocycles. The van der Waals surface area contributed by atoms with E-state index in [0.717, 1.165) is 19.3 Å². The first-order valence-corrected chi connectivity index (χ1v) is 8.45. The molecule has 0 aliphatic rings. The largest absolute Gasteiger partial charge is 0.469 e. The fourth-order valence-electron chi connectivity index (χ4n) is 1.69. The normalized spacial score (nSPS) is 11.5. The number of rotatable bonds is 12. The van der Waals surface area contributed by atoms with Crippen LogP contribution in [0.15, 0.2) is 0 Å². The smallest absolute Gasteiger partial charge is 0.354 e. The van der Waals surface area contributed by atoms with Crippen molar-refractivity contribution in [3.8, 4) is 0 Å². The Morgan fingerprint density at radius 3 is 2.26 bits per heavy atom. The maximum atomic E-state index is 11.3. The Hall–Kier alpha value is -0.420. The third kappa shape index (κ3) is 15.5. The fraction of sp³-hybridized carbons (Fsp3) is 0.917. The number of phosphoric ester groups is 1. The van der Waals surface area contributed by atoms with E-state index in [2.05, 4.69) is 16.8 Å². The van der Waals surface area contributed by atoms with Crippen molar-refractivity contribution < 1.29 is 23.7 Å². The fourth-order valence-corrected chi connectivity index (χ4v) is 2.02. The Bertz CT molecular complexity index is 279. The Labute approximate surface area is 115 Å². The van der Waals surface area contributed by atoms with Gasteiger partial charge >= 0.3 is 7.82 Å². The molecule has 114 valence electrons. The molecule has 1 amide bonds. The number of hydrogen-bond acceptors (Lipinski definition) is 3. The SMILES string of the molecule is CCCCCCCCCC(=O)NCCOP(=O)(O)O. The van der Waals surface area contributed by atoms with Crippen molar-refractivity contribution in [2.24, 2.45) is 0 Å². The maximum absolute atomic E-state index is 11.3. The molecule has 0 aromatic rings. The van der Waals surface area contributed by atoms with Crippen molar-refractivity contribution >= 4 is 13.7 Å². The van der Waals surface area contributed by atoms with Crippen molar-refractivity contribution in [3.05, 3.63) is 0 Å². The van der Waals surface area contributed by atoms with E-state index < -0.39 is 7.82 Å². The number of nitrogens with one attached hydrogen (secondary N) is 1. The van der Waals surface area contributed by atoms with E-state index >= 15 is 0 Å². The molecule has 0 saturated heterocycles. The topological polar surface area (TPSA) is 95.9 Å². The molecule has 0 saturated carbocycles. The van der Waals surface area contributed by atoms with E-state index in [0.29, 0.717) is 6.42 Å². The summed E-state index contributed by atoms with van der Waals surface area (Å²) in [6.45, 7) is 2.13. The molecule has 6 nitrogen and oxygen atoms in total. The highest BCUT2D eigenvalue weighted by Gasteiger charge is 2.12. The monoisotopic (exact) mass is 295 g/mol. The third-order valence-corrected chi connectivity index (χ3v) is 3.21. The van der Waals surface area contributed by atoms with Gasteiger partial charge in [-0.2, -0.15) is 0 Å². The molecule has 3 N–H and O–H groups in total. The Kier molecular flexibility index (Phi) is 11.2. The lowest BCUT2D eigenvalue weighted by molar-refractivity contribution is -0.121. The van der Waals surface area contributed by atoms with Crippen LogP contribution in [0.25, 0.3) is 0 Å². The summed E-state index contributed by atoms with van der Waals surface area (Å²) in [7, 11) is -4.42. The zero-order valence-corrected chi connectivity index (χ0v) is 12.5. The number of hydrogen-bond donors (Lipinski definition) is 3. The molecule has 7 heteroatoms. The second kappa shape index (κ2) is 11.4. The van der Waals surface area contributed by atoms with Gasteiger partial charge in [-0.1, -0.05) is 45.4 Å². The van der Waals surface area contributed by atoms with E-state index in [9.17, 15) is 9.36 Å². The van der Waals surface area contributed by atoms with Gasteiger partial charge in [0, 0.05) is 13.0 Å². The Balaban J connectivity index is 3.28. The first kappa shape index (κ1) is 18.6. The lowest BCUT2D eigenvalue weighted by atomic mass is 10.1. The molecule has 19 heavy (non-hydrogen) atoms. The molecular formula is C12H26NO5P. The maximum Gasteiger partial charge on any atom is 0.469 e. The zero-order valence-electron chi connectivity index (χ0n) is 11.6. The third-order valence-electron chi connectivity index (χ3n) is 2.69. The predicted octanol–water partition coefficient (Wildman–Crippen LogP) is 2.35. The van der Waals surface area contributed by atoms with Gasteiger partial charge < -0.3 is 15.1 Å². The van der Waals surface area contributed by atoms with Crippen LogP contribution in [0.1, 0.15) is 58.3 Å². The predicted molar refractivity (Wildman–Crippen MR) is 73.6 cm³/mol. The molecule has 0 atom stereocenters. The summed E-state index contributed by atoms with van der Waals surface area (Å²) in [5.41, 5.74) is 0. The van der Waals surface area contributed by atoms with Crippen molar-refractivity contribution in [2.75, 3.05) is 13.2 Å². The van der Waals surface area contributed by atoms with Gasteiger partial charge in [-0.15, -0.1) is 0 Å². The van der Waals surface area contributed by atoms with Gasteiger partial charge in [-0.05, 0) is 6.42 Å². The number of carbonyl (C=O) groups excluding carboxylic acids is 1. The standard InChI is InChI=1S/C12H26NO5P/c1-2-3-4-5-6-7-8-9-12(14)13-10-11-18-19(15,16)17/h2-11H2,1H3,(H,13,14)(H2,15,16,17). The second-order valence-corrected chi connectivity index (χ2v) is 5.78. The summed E-state index contributed by atoms with van der Waals surface area (Å²) < 4.78 is 14.6. The molecule has 0 rings (SSSR count). The van der Waals surface area contributed by atoms with Gasteiger partial charge in [-0.25, -0.2) is 4.57 Å². The Morgan fingerprint density at radius 1 is 1.11 bits per heavy atom. The molecule has 0 aliphatic carbocycles. The van der Waals surface area contributed by atoms with Gasteiger partial charge in [-0.3, -0.25) is 9.32 Å². The van der Waals surface area contributed by atoms with Crippen LogP contribution in [0.2, 0.25) is 0 Å². The second-order valence-electron chi connectivity index (χ2n) is 4.55. The Morgan fingerprint density at radius 2 is 1.68 bits per heavy atom. The van der Waals surface area contributed by atoms with Crippen LogP contribution in [0, 0.1) is 0 Å². The van der Waals surface area contributed by atoms with E-state index in [1.165, 1.54) is 25.7 Å². The lowest BCUT2D eigenvalue weighted by Gasteiger charge is -2.07. The number of amides is 1. The van der Waals surface area contributed by atoms with E-state index in [4.69, 9.17) is 9.79 Å². The molecule has 0 radical (unpaired) electrons. The average Bonchev–Trinajstić information content (AvgIpc) is 2.32.